The normalized spacial score (nSPS) is 18.5. The molecule has 3 heteroatoms. The van der Waals surface area contributed by atoms with E-state index < -0.39 is 0 Å². The number of hydrogen-bond donors (Lipinski definition) is 0. The van der Waals surface area contributed by atoms with Crippen molar-refractivity contribution in [2.45, 2.75) is 45.7 Å². The van der Waals surface area contributed by atoms with Gasteiger partial charge in [0.05, 0.1) is 0 Å². The van der Waals surface area contributed by atoms with Gasteiger partial charge in [0.2, 0.25) is 0 Å². The van der Waals surface area contributed by atoms with Gasteiger partial charge in [-0.1, -0.05) is 17.2 Å². The number of hydrogen-bond acceptors (Lipinski definition) is 2. The zero-order chi connectivity index (χ0) is 16.5. The lowest BCUT2D eigenvalue weighted by atomic mass is 10.1. The molecular formula is C21H27N3. The minimum Gasteiger partial charge on any atom is -0.344 e. The SMILES string of the molecule is Cc1ccc2c(c1)c1c(n2CCC2=CC=NCC2)CCCN(C)C1. The van der Waals surface area contributed by atoms with Gasteiger partial charge in [0.15, 0.2) is 0 Å². The van der Waals surface area contributed by atoms with Crippen LogP contribution in [0.15, 0.2) is 34.8 Å². The van der Waals surface area contributed by atoms with Gasteiger partial charge >= 0.3 is 0 Å². The van der Waals surface area contributed by atoms with E-state index in [1.165, 1.54) is 35.9 Å². The average molecular weight is 321 g/mol. The number of rotatable bonds is 3. The van der Waals surface area contributed by atoms with Crippen molar-refractivity contribution in [3.8, 4) is 0 Å². The molecule has 0 saturated heterocycles. The van der Waals surface area contributed by atoms with E-state index in [-0.39, 0.29) is 0 Å². The third-order valence-corrected chi connectivity index (χ3v) is 5.46. The summed E-state index contributed by atoms with van der Waals surface area (Å²) in [5.41, 5.74) is 7.46. The predicted octanol–water partition coefficient (Wildman–Crippen LogP) is 4.12. The van der Waals surface area contributed by atoms with Crippen molar-refractivity contribution in [3.05, 3.63) is 46.7 Å². The fourth-order valence-corrected chi connectivity index (χ4v) is 4.16. The van der Waals surface area contributed by atoms with Crippen LogP contribution in [0.5, 0.6) is 0 Å². The first-order chi connectivity index (χ1) is 11.7. The molecule has 0 fully saturated rings. The Bertz CT molecular complexity index is 810. The van der Waals surface area contributed by atoms with E-state index in [0.717, 1.165) is 32.5 Å². The summed E-state index contributed by atoms with van der Waals surface area (Å²) in [5.74, 6) is 0. The van der Waals surface area contributed by atoms with Crippen molar-refractivity contribution in [1.82, 2.24) is 9.47 Å². The maximum Gasteiger partial charge on any atom is 0.0486 e. The Hall–Kier alpha value is -1.87. The number of benzene rings is 1. The van der Waals surface area contributed by atoms with Gasteiger partial charge in [-0.25, -0.2) is 0 Å². The molecule has 3 nitrogen and oxygen atoms in total. The van der Waals surface area contributed by atoms with Crippen LogP contribution in [0, 0.1) is 6.92 Å². The minimum absolute atomic E-state index is 0.959. The standard InChI is InChI=1S/C21H27N3/c1-16-5-6-21-18(14-16)19-15-23(2)12-3-4-20(19)24(21)13-9-17-7-10-22-11-8-17/h5-7,10,14H,3-4,8-9,11-13,15H2,1-2H3. The van der Waals surface area contributed by atoms with Crippen molar-refractivity contribution in [1.29, 1.82) is 0 Å². The zero-order valence-corrected chi connectivity index (χ0v) is 14.9. The summed E-state index contributed by atoms with van der Waals surface area (Å²) in [4.78, 5) is 6.78. The molecule has 126 valence electrons. The lowest BCUT2D eigenvalue weighted by molar-refractivity contribution is 0.333. The molecule has 1 aromatic carbocycles. The molecule has 3 heterocycles. The van der Waals surface area contributed by atoms with Crippen LogP contribution < -0.4 is 0 Å². The lowest BCUT2D eigenvalue weighted by Gasteiger charge is -2.13. The Labute approximate surface area is 144 Å². The van der Waals surface area contributed by atoms with E-state index in [0.29, 0.717) is 0 Å². The smallest absolute Gasteiger partial charge is 0.0486 e. The summed E-state index contributed by atoms with van der Waals surface area (Å²) in [7, 11) is 2.25. The van der Waals surface area contributed by atoms with E-state index in [9.17, 15) is 0 Å². The summed E-state index contributed by atoms with van der Waals surface area (Å²) in [6, 6.07) is 6.97. The summed E-state index contributed by atoms with van der Waals surface area (Å²) in [6.45, 7) is 6.54. The number of aromatic nitrogens is 1. The number of dihydropyridines is 1. The molecule has 0 amide bonds. The molecule has 24 heavy (non-hydrogen) atoms. The van der Waals surface area contributed by atoms with Crippen LogP contribution in [0.2, 0.25) is 0 Å². The Kier molecular flexibility index (Phi) is 4.28. The lowest BCUT2D eigenvalue weighted by Crippen LogP contribution is -2.17. The van der Waals surface area contributed by atoms with Gasteiger partial charge < -0.3 is 9.47 Å². The molecule has 0 N–H and O–H groups in total. The van der Waals surface area contributed by atoms with E-state index in [4.69, 9.17) is 0 Å². The first-order valence-electron chi connectivity index (χ1n) is 9.19. The van der Waals surface area contributed by atoms with E-state index in [1.54, 1.807) is 16.8 Å². The molecule has 0 bridgehead atoms. The third-order valence-electron chi connectivity index (χ3n) is 5.46. The average Bonchev–Trinajstić information content (AvgIpc) is 2.73. The highest BCUT2D eigenvalue weighted by Gasteiger charge is 2.21. The largest absolute Gasteiger partial charge is 0.344 e. The van der Waals surface area contributed by atoms with Crippen LogP contribution in [-0.4, -0.2) is 35.8 Å². The molecule has 2 aromatic rings. The van der Waals surface area contributed by atoms with Crippen LogP contribution in [0.1, 0.15) is 36.1 Å². The molecule has 0 saturated carbocycles. The maximum atomic E-state index is 4.31. The van der Waals surface area contributed by atoms with Gasteiger partial charge in [-0.05, 0) is 70.0 Å². The number of fused-ring (bicyclic) bond motifs is 3. The summed E-state index contributed by atoms with van der Waals surface area (Å²) in [6.07, 6.45) is 8.92. The second kappa shape index (κ2) is 6.56. The maximum absolute atomic E-state index is 4.31. The molecule has 1 aromatic heterocycles. The van der Waals surface area contributed by atoms with Gasteiger partial charge in [-0.15, -0.1) is 0 Å². The minimum atomic E-state index is 0.959. The van der Waals surface area contributed by atoms with E-state index in [2.05, 4.69) is 52.7 Å². The van der Waals surface area contributed by atoms with Crippen LogP contribution in [-0.2, 0) is 19.5 Å². The first-order valence-corrected chi connectivity index (χ1v) is 9.19. The highest BCUT2D eigenvalue weighted by molar-refractivity contribution is 5.86. The second-order valence-electron chi connectivity index (χ2n) is 7.32. The van der Waals surface area contributed by atoms with Crippen LogP contribution in [0.4, 0.5) is 0 Å². The molecule has 0 spiro atoms. The van der Waals surface area contributed by atoms with Gasteiger partial charge in [-0.3, -0.25) is 4.99 Å². The fourth-order valence-electron chi connectivity index (χ4n) is 4.16. The van der Waals surface area contributed by atoms with Crippen molar-refractivity contribution in [2.75, 3.05) is 20.1 Å². The zero-order valence-electron chi connectivity index (χ0n) is 14.9. The molecule has 0 unspecified atom stereocenters. The Morgan fingerprint density at radius 1 is 1.21 bits per heavy atom. The van der Waals surface area contributed by atoms with Crippen molar-refractivity contribution < 1.29 is 0 Å². The molecule has 0 aliphatic carbocycles. The third kappa shape index (κ3) is 2.93. The van der Waals surface area contributed by atoms with Gasteiger partial charge in [0.25, 0.3) is 0 Å². The predicted molar refractivity (Wildman–Crippen MR) is 102 cm³/mol. The molecular weight excluding hydrogens is 294 g/mol. The molecule has 0 radical (unpaired) electrons. The molecule has 0 atom stereocenters. The number of aliphatic imine (C=N–C) groups is 1. The van der Waals surface area contributed by atoms with Crippen molar-refractivity contribution in [2.24, 2.45) is 4.99 Å². The Morgan fingerprint density at radius 3 is 2.96 bits per heavy atom. The first kappa shape index (κ1) is 15.6. The van der Waals surface area contributed by atoms with E-state index >= 15 is 0 Å². The van der Waals surface area contributed by atoms with Gasteiger partial charge in [0.1, 0.15) is 0 Å². The molecule has 4 rings (SSSR count). The highest BCUT2D eigenvalue weighted by atomic mass is 15.1. The fraction of sp³-hybridized carbons (Fsp3) is 0.476. The number of aryl methyl sites for hydroxylation is 2. The van der Waals surface area contributed by atoms with Gasteiger partial charge in [-0.2, -0.15) is 0 Å². The summed E-state index contributed by atoms with van der Waals surface area (Å²) < 4.78 is 2.61. The quantitative estimate of drug-likeness (QED) is 0.833. The molecule has 2 aliphatic heterocycles. The van der Waals surface area contributed by atoms with Crippen molar-refractivity contribution >= 4 is 17.1 Å². The summed E-state index contributed by atoms with van der Waals surface area (Å²) >= 11 is 0. The van der Waals surface area contributed by atoms with Crippen LogP contribution in [0.3, 0.4) is 0 Å². The topological polar surface area (TPSA) is 20.5 Å². The van der Waals surface area contributed by atoms with Crippen LogP contribution >= 0.6 is 0 Å². The number of nitrogens with zero attached hydrogens (tertiary/aromatic N) is 3. The Balaban J connectivity index is 1.74. The highest BCUT2D eigenvalue weighted by Crippen LogP contribution is 2.31. The number of allylic oxidation sites excluding steroid dienone is 1. The Morgan fingerprint density at radius 2 is 2.12 bits per heavy atom. The second-order valence-corrected chi connectivity index (χ2v) is 7.32. The van der Waals surface area contributed by atoms with E-state index in [1.807, 2.05) is 6.21 Å². The van der Waals surface area contributed by atoms with Gasteiger partial charge in [0, 0.05) is 42.4 Å². The molecule has 2 aliphatic rings. The monoisotopic (exact) mass is 321 g/mol. The summed E-state index contributed by atoms with van der Waals surface area (Å²) in [5, 5.41) is 1.47. The van der Waals surface area contributed by atoms with Crippen molar-refractivity contribution in [3.63, 3.8) is 0 Å². The van der Waals surface area contributed by atoms with Crippen LogP contribution in [0.25, 0.3) is 10.9 Å².